The second-order valence-corrected chi connectivity index (χ2v) is 11.1. The van der Waals surface area contributed by atoms with Crippen molar-refractivity contribution in [2.45, 2.75) is 6.42 Å². The molecule has 3 aliphatic heterocycles. The highest BCUT2D eigenvalue weighted by atomic mass is 16.5. The molecule has 0 spiro atoms. The molecule has 12 heteroatoms. The number of morpholine rings is 1. The van der Waals surface area contributed by atoms with E-state index in [-0.39, 0.29) is 5.91 Å². The number of hydrogen-bond donors (Lipinski definition) is 2. The van der Waals surface area contributed by atoms with Gasteiger partial charge in [-0.05, 0) is 49.8 Å². The van der Waals surface area contributed by atoms with Gasteiger partial charge >= 0.3 is 0 Å². The first-order chi connectivity index (χ1) is 21.2. The predicted octanol–water partition coefficient (Wildman–Crippen LogP) is 2.91. The Balaban J connectivity index is 0.939. The van der Waals surface area contributed by atoms with E-state index in [1.54, 1.807) is 18.5 Å². The summed E-state index contributed by atoms with van der Waals surface area (Å²) in [5, 5.41) is 3.38. The number of nitrogens with one attached hydrogen (secondary N) is 2. The van der Waals surface area contributed by atoms with Crippen molar-refractivity contribution in [1.82, 2.24) is 34.7 Å². The summed E-state index contributed by atoms with van der Waals surface area (Å²) < 4.78 is 5.50. The first-order valence-electron chi connectivity index (χ1n) is 15.0. The number of likely N-dealkylation sites (tertiary alicyclic amines) is 1. The number of amides is 1. The number of aromatic amines is 1. The van der Waals surface area contributed by atoms with Crippen molar-refractivity contribution >= 4 is 40.1 Å². The van der Waals surface area contributed by atoms with Crippen molar-refractivity contribution in [2.24, 2.45) is 0 Å². The largest absolute Gasteiger partial charge is 0.378 e. The lowest BCUT2D eigenvalue weighted by atomic mass is 10.2. The highest BCUT2D eigenvalue weighted by Crippen LogP contribution is 2.28. The fourth-order valence-electron chi connectivity index (χ4n) is 5.59. The lowest BCUT2D eigenvalue weighted by Gasteiger charge is -2.34. The number of ether oxygens (including phenoxy) is 1. The van der Waals surface area contributed by atoms with E-state index in [9.17, 15) is 4.79 Å². The second kappa shape index (κ2) is 12.4. The summed E-state index contributed by atoms with van der Waals surface area (Å²) in [4.78, 5) is 43.2. The zero-order chi connectivity index (χ0) is 29.0. The number of imidazole rings is 1. The lowest BCUT2D eigenvalue weighted by Crippen LogP contribution is -2.48. The summed E-state index contributed by atoms with van der Waals surface area (Å²) >= 11 is 0. The monoisotopic (exact) mass is 580 g/mol. The maximum atomic E-state index is 12.5. The Labute approximate surface area is 250 Å². The molecule has 0 atom stereocenters. The average molecular weight is 581 g/mol. The average Bonchev–Trinajstić information content (AvgIpc) is 3.48. The van der Waals surface area contributed by atoms with Crippen LogP contribution in [0.5, 0.6) is 0 Å². The molecule has 43 heavy (non-hydrogen) atoms. The Hall–Kier alpha value is -4.55. The van der Waals surface area contributed by atoms with Gasteiger partial charge in [0.15, 0.2) is 5.82 Å². The first kappa shape index (κ1) is 27.3. The zero-order valence-corrected chi connectivity index (χ0v) is 24.2. The van der Waals surface area contributed by atoms with E-state index in [0.29, 0.717) is 45.3 Å². The number of rotatable bonds is 8. The minimum atomic E-state index is 0.0849. The van der Waals surface area contributed by atoms with E-state index in [1.807, 2.05) is 47.5 Å². The number of fused-ring (bicyclic) bond motifs is 1. The molecule has 2 N–H and O–H groups in total. The molecule has 3 aliphatic rings. The minimum absolute atomic E-state index is 0.0849. The molecule has 0 aliphatic carbocycles. The zero-order valence-electron chi connectivity index (χ0n) is 24.2. The normalized spacial score (nSPS) is 17.9. The van der Waals surface area contributed by atoms with E-state index >= 15 is 0 Å². The summed E-state index contributed by atoms with van der Waals surface area (Å²) in [6.45, 7) is 8.92. The van der Waals surface area contributed by atoms with Gasteiger partial charge in [0.05, 0.1) is 36.8 Å². The smallest absolute Gasteiger partial charge is 0.246 e. The van der Waals surface area contributed by atoms with E-state index in [4.69, 9.17) is 9.72 Å². The summed E-state index contributed by atoms with van der Waals surface area (Å²) in [6.07, 6.45) is 10.4. The number of pyridine rings is 1. The SMILES string of the molecule is O=C(/C=C/CN1CCC1)N1CCN(c2ncc(Nc3ccc(-c4nc5c(N6CCOCC6)nccc5[nH]4)cc3)cn2)CC1. The molecule has 4 aromatic rings. The Morgan fingerprint density at radius 1 is 0.884 bits per heavy atom. The van der Waals surface area contributed by atoms with Gasteiger partial charge in [0.2, 0.25) is 11.9 Å². The van der Waals surface area contributed by atoms with Gasteiger partial charge in [0, 0.05) is 69.3 Å². The summed E-state index contributed by atoms with van der Waals surface area (Å²) in [5.41, 5.74) is 4.57. The van der Waals surface area contributed by atoms with Gasteiger partial charge in [-0.25, -0.2) is 19.9 Å². The number of aromatic nitrogens is 5. The molecule has 1 aromatic carbocycles. The number of benzene rings is 1. The summed E-state index contributed by atoms with van der Waals surface area (Å²) in [6, 6.07) is 10.1. The number of hydrogen-bond acceptors (Lipinski definition) is 10. The van der Waals surface area contributed by atoms with Crippen LogP contribution in [-0.2, 0) is 9.53 Å². The fraction of sp³-hybridized carbons (Fsp3) is 0.387. The number of anilines is 4. The molecule has 7 rings (SSSR count). The fourth-order valence-corrected chi connectivity index (χ4v) is 5.59. The minimum Gasteiger partial charge on any atom is -0.378 e. The summed E-state index contributed by atoms with van der Waals surface area (Å²) in [7, 11) is 0. The number of carbonyl (C=O) groups excluding carboxylic acids is 1. The van der Waals surface area contributed by atoms with Gasteiger partial charge in [0.1, 0.15) is 11.3 Å². The van der Waals surface area contributed by atoms with Crippen molar-refractivity contribution in [3.05, 3.63) is 61.1 Å². The molecule has 222 valence electrons. The maximum Gasteiger partial charge on any atom is 0.246 e. The van der Waals surface area contributed by atoms with Crippen molar-refractivity contribution < 1.29 is 9.53 Å². The van der Waals surface area contributed by atoms with Crippen LogP contribution in [0.3, 0.4) is 0 Å². The van der Waals surface area contributed by atoms with Crippen molar-refractivity contribution in [2.75, 3.05) is 87.2 Å². The van der Waals surface area contributed by atoms with Gasteiger partial charge in [-0.2, -0.15) is 0 Å². The van der Waals surface area contributed by atoms with E-state index < -0.39 is 0 Å². The van der Waals surface area contributed by atoms with Gasteiger partial charge in [-0.1, -0.05) is 6.08 Å². The molecule has 0 bridgehead atoms. The van der Waals surface area contributed by atoms with Crippen LogP contribution in [0.25, 0.3) is 22.4 Å². The highest BCUT2D eigenvalue weighted by molar-refractivity contribution is 5.89. The van der Waals surface area contributed by atoms with Gasteiger partial charge in [-0.15, -0.1) is 0 Å². The molecule has 3 fully saturated rings. The Kier molecular flexibility index (Phi) is 7.84. The second-order valence-electron chi connectivity index (χ2n) is 11.1. The molecular formula is C31H36N10O2. The van der Waals surface area contributed by atoms with Crippen LogP contribution in [0.4, 0.5) is 23.1 Å². The van der Waals surface area contributed by atoms with Crippen molar-refractivity contribution in [1.29, 1.82) is 0 Å². The van der Waals surface area contributed by atoms with Crippen LogP contribution in [0, 0.1) is 0 Å². The van der Waals surface area contributed by atoms with Crippen LogP contribution in [-0.4, -0.2) is 113 Å². The van der Waals surface area contributed by atoms with Crippen LogP contribution >= 0.6 is 0 Å². The van der Waals surface area contributed by atoms with Crippen molar-refractivity contribution in [3.8, 4) is 11.4 Å². The van der Waals surface area contributed by atoms with Gasteiger partial charge < -0.3 is 29.7 Å². The molecule has 6 heterocycles. The lowest BCUT2D eigenvalue weighted by molar-refractivity contribution is -0.126. The third kappa shape index (κ3) is 6.15. The van der Waals surface area contributed by atoms with Crippen LogP contribution < -0.4 is 15.1 Å². The Morgan fingerprint density at radius 3 is 2.37 bits per heavy atom. The van der Waals surface area contributed by atoms with Gasteiger partial charge in [0.25, 0.3) is 0 Å². The number of nitrogens with zero attached hydrogens (tertiary/aromatic N) is 8. The standard InChI is InChI=1S/C31H36N10O2/c42-27(3-1-10-38-11-2-12-38)39-13-15-41(16-14-39)31-33-21-25(22-34-31)35-24-6-4-23(5-7-24)29-36-26-8-9-32-30(28(26)37-29)40-17-19-43-20-18-40/h1,3-9,21-22,35H,2,10-20H2,(H,36,37)/b3-1+. The molecule has 0 radical (unpaired) electrons. The highest BCUT2D eigenvalue weighted by Gasteiger charge is 2.22. The third-order valence-corrected chi connectivity index (χ3v) is 8.22. The molecule has 0 unspecified atom stereocenters. The Bertz CT molecular complexity index is 1570. The maximum absolute atomic E-state index is 12.5. The molecule has 1 amide bonds. The summed E-state index contributed by atoms with van der Waals surface area (Å²) in [5.74, 6) is 2.46. The number of piperazine rings is 1. The quantitative estimate of drug-likeness (QED) is 0.301. The van der Waals surface area contributed by atoms with Crippen LogP contribution in [0.15, 0.2) is 61.1 Å². The van der Waals surface area contributed by atoms with E-state index in [2.05, 4.69) is 40.0 Å². The van der Waals surface area contributed by atoms with Gasteiger partial charge in [-0.3, -0.25) is 9.69 Å². The predicted molar refractivity (Wildman–Crippen MR) is 167 cm³/mol. The molecule has 3 aromatic heterocycles. The first-order valence-corrected chi connectivity index (χ1v) is 15.0. The van der Waals surface area contributed by atoms with E-state index in [1.165, 1.54) is 6.42 Å². The molecule has 12 nitrogen and oxygen atoms in total. The Morgan fingerprint density at radius 2 is 1.65 bits per heavy atom. The third-order valence-electron chi connectivity index (χ3n) is 8.22. The molecule has 0 saturated carbocycles. The topological polar surface area (TPSA) is 119 Å². The van der Waals surface area contributed by atoms with Crippen LogP contribution in [0.1, 0.15) is 6.42 Å². The molecule has 3 saturated heterocycles. The van der Waals surface area contributed by atoms with Crippen LogP contribution in [0.2, 0.25) is 0 Å². The van der Waals surface area contributed by atoms with E-state index in [0.717, 1.165) is 72.3 Å². The molecular weight excluding hydrogens is 544 g/mol. The van der Waals surface area contributed by atoms with Crippen molar-refractivity contribution in [3.63, 3.8) is 0 Å². The number of H-pyrrole nitrogens is 1. The number of carbonyl (C=O) groups is 1.